The zero-order chi connectivity index (χ0) is 11.9. The number of benzene rings is 1. The van der Waals surface area contributed by atoms with Crippen LogP contribution in [0.25, 0.3) is 6.08 Å². The standard InChI is InChI=1S/C17H24/c1-2-3-4-8-11-16-14-17(16)13-12-15-9-6-5-7-10-15/h5-7,9-10,12-13,16-17H,2-4,8,11,14H2,1H3/b13-12+. The first-order valence-electron chi connectivity index (χ1n) is 7.13. The van der Waals surface area contributed by atoms with Crippen molar-refractivity contribution in [2.75, 3.05) is 0 Å². The number of allylic oxidation sites excluding steroid dienone is 1. The number of unbranched alkanes of at least 4 members (excludes halogenated alkanes) is 3. The van der Waals surface area contributed by atoms with Crippen LogP contribution in [0.4, 0.5) is 0 Å². The van der Waals surface area contributed by atoms with Crippen molar-refractivity contribution >= 4 is 6.08 Å². The highest BCUT2D eigenvalue weighted by molar-refractivity contribution is 5.49. The molecule has 1 aliphatic carbocycles. The van der Waals surface area contributed by atoms with Crippen molar-refractivity contribution in [3.05, 3.63) is 42.0 Å². The Morgan fingerprint density at radius 1 is 1.12 bits per heavy atom. The van der Waals surface area contributed by atoms with Crippen molar-refractivity contribution in [1.29, 1.82) is 0 Å². The zero-order valence-electron chi connectivity index (χ0n) is 10.9. The summed E-state index contributed by atoms with van der Waals surface area (Å²) >= 11 is 0. The van der Waals surface area contributed by atoms with Crippen LogP contribution in [-0.2, 0) is 0 Å². The molecule has 0 heteroatoms. The minimum Gasteiger partial charge on any atom is -0.0805 e. The lowest BCUT2D eigenvalue weighted by Crippen LogP contribution is -1.82. The van der Waals surface area contributed by atoms with Gasteiger partial charge in [-0.05, 0) is 30.2 Å². The lowest BCUT2D eigenvalue weighted by molar-refractivity contribution is 0.585. The number of hydrogen-bond acceptors (Lipinski definition) is 0. The van der Waals surface area contributed by atoms with E-state index in [1.807, 2.05) is 0 Å². The largest absolute Gasteiger partial charge is 0.0805 e. The predicted octanol–water partition coefficient (Wildman–Crippen LogP) is 5.31. The van der Waals surface area contributed by atoms with Crippen molar-refractivity contribution in [2.45, 2.75) is 45.4 Å². The Kier molecular flexibility index (Phi) is 4.85. The van der Waals surface area contributed by atoms with Gasteiger partial charge in [-0.15, -0.1) is 0 Å². The molecule has 1 aromatic carbocycles. The fourth-order valence-electron chi connectivity index (χ4n) is 2.47. The molecule has 0 radical (unpaired) electrons. The molecule has 2 rings (SSSR count). The lowest BCUT2D eigenvalue weighted by atomic mass is 10.1. The molecule has 1 fully saturated rings. The molecule has 2 unspecified atom stereocenters. The van der Waals surface area contributed by atoms with E-state index in [1.165, 1.54) is 44.1 Å². The summed E-state index contributed by atoms with van der Waals surface area (Å²) in [5.74, 6) is 1.86. The molecule has 1 aromatic rings. The van der Waals surface area contributed by atoms with Crippen LogP contribution in [0.15, 0.2) is 36.4 Å². The van der Waals surface area contributed by atoms with Gasteiger partial charge in [0.25, 0.3) is 0 Å². The molecule has 1 saturated carbocycles. The summed E-state index contributed by atoms with van der Waals surface area (Å²) in [5.41, 5.74) is 1.34. The second-order valence-corrected chi connectivity index (χ2v) is 5.28. The van der Waals surface area contributed by atoms with Gasteiger partial charge in [-0.3, -0.25) is 0 Å². The highest BCUT2D eigenvalue weighted by Crippen LogP contribution is 2.43. The SMILES string of the molecule is CCCCCCC1CC1/C=C/c1ccccc1. The van der Waals surface area contributed by atoms with Gasteiger partial charge in [0.1, 0.15) is 0 Å². The second kappa shape index (κ2) is 6.64. The first-order valence-corrected chi connectivity index (χ1v) is 7.13. The molecule has 0 saturated heterocycles. The van der Waals surface area contributed by atoms with Crippen LogP contribution in [0.3, 0.4) is 0 Å². The summed E-state index contributed by atoms with van der Waals surface area (Å²) in [7, 11) is 0. The van der Waals surface area contributed by atoms with Gasteiger partial charge in [0, 0.05) is 0 Å². The van der Waals surface area contributed by atoms with Crippen molar-refractivity contribution in [3.63, 3.8) is 0 Å². The molecule has 2 atom stereocenters. The van der Waals surface area contributed by atoms with Crippen LogP contribution in [-0.4, -0.2) is 0 Å². The van der Waals surface area contributed by atoms with E-state index in [4.69, 9.17) is 0 Å². The minimum absolute atomic E-state index is 0.872. The highest BCUT2D eigenvalue weighted by Gasteiger charge is 2.33. The lowest BCUT2D eigenvalue weighted by Gasteiger charge is -1.97. The van der Waals surface area contributed by atoms with E-state index in [-0.39, 0.29) is 0 Å². The van der Waals surface area contributed by atoms with E-state index >= 15 is 0 Å². The molecule has 0 N–H and O–H groups in total. The van der Waals surface area contributed by atoms with Crippen LogP contribution in [0.1, 0.15) is 51.0 Å². The molecule has 0 heterocycles. The Bertz CT molecular complexity index is 336. The third kappa shape index (κ3) is 4.38. The van der Waals surface area contributed by atoms with Gasteiger partial charge in [-0.2, -0.15) is 0 Å². The summed E-state index contributed by atoms with van der Waals surface area (Å²) in [6.07, 6.45) is 13.2. The molecule has 0 nitrogen and oxygen atoms in total. The number of hydrogen-bond donors (Lipinski definition) is 0. The topological polar surface area (TPSA) is 0 Å². The van der Waals surface area contributed by atoms with Gasteiger partial charge in [0.2, 0.25) is 0 Å². The van der Waals surface area contributed by atoms with Crippen molar-refractivity contribution in [1.82, 2.24) is 0 Å². The van der Waals surface area contributed by atoms with Crippen LogP contribution >= 0.6 is 0 Å². The van der Waals surface area contributed by atoms with Crippen LogP contribution in [0.5, 0.6) is 0 Å². The van der Waals surface area contributed by atoms with Gasteiger partial charge in [0.15, 0.2) is 0 Å². The quantitative estimate of drug-likeness (QED) is 0.555. The second-order valence-electron chi connectivity index (χ2n) is 5.28. The van der Waals surface area contributed by atoms with E-state index in [2.05, 4.69) is 49.4 Å². The monoisotopic (exact) mass is 228 g/mol. The van der Waals surface area contributed by atoms with E-state index in [0.717, 1.165) is 11.8 Å². The van der Waals surface area contributed by atoms with Crippen molar-refractivity contribution in [3.8, 4) is 0 Å². The maximum Gasteiger partial charge on any atom is -0.0199 e. The van der Waals surface area contributed by atoms with Gasteiger partial charge in [-0.1, -0.05) is 75.1 Å². The van der Waals surface area contributed by atoms with E-state index in [9.17, 15) is 0 Å². The summed E-state index contributed by atoms with van der Waals surface area (Å²) in [5, 5.41) is 0. The predicted molar refractivity (Wildman–Crippen MR) is 75.8 cm³/mol. The van der Waals surface area contributed by atoms with E-state index in [0.29, 0.717) is 0 Å². The highest BCUT2D eigenvalue weighted by atomic mass is 14.4. The molecule has 0 amide bonds. The maximum atomic E-state index is 2.42. The Balaban J connectivity index is 1.64. The van der Waals surface area contributed by atoms with E-state index in [1.54, 1.807) is 0 Å². The Hall–Kier alpha value is -1.04. The molecule has 0 aliphatic heterocycles. The van der Waals surface area contributed by atoms with Crippen LogP contribution in [0.2, 0.25) is 0 Å². The molecule has 1 aliphatic rings. The fraction of sp³-hybridized carbons (Fsp3) is 0.529. The Morgan fingerprint density at radius 2 is 1.94 bits per heavy atom. The first kappa shape index (κ1) is 12.4. The van der Waals surface area contributed by atoms with E-state index < -0.39 is 0 Å². The normalized spacial score (nSPS) is 23.1. The smallest absolute Gasteiger partial charge is 0.0199 e. The Morgan fingerprint density at radius 3 is 2.71 bits per heavy atom. The van der Waals surface area contributed by atoms with Gasteiger partial charge in [-0.25, -0.2) is 0 Å². The molecule has 92 valence electrons. The summed E-state index contributed by atoms with van der Waals surface area (Å²) in [6, 6.07) is 10.6. The van der Waals surface area contributed by atoms with Crippen LogP contribution < -0.4 is 0 Å². The average molecular weight is 228 g/mol. The molecular weight excluding hydrogens is 204 g/mol. The van der Waals surface area contributed by atoms with Crippen LogP contribution in [0, 0.1) is 11.8 Å². The molecule has 17 heavy (non-hydrogen) atoms. The van der Waals surface area contributed by atoms with Gasteiger partial charge < -0.3 is 0 Å². The number of rotatable bonds is 7. The van der Waals surface area contributed by atoms with Gasteiger partial charge >= 0.3 is 0 Å². The third-order valence-corrected chi connectivity index (χ3v) is 3.74. The zero-order valence-corrected chi connectivity index (χ0v) is 10.9. The third-order valence-electron chi connectivity index (χ3n) is 3.74. The molecular formula is C17H24. The Labute approximate surface area is 106 Å². The van der Waals surface area contributed by atoms with Crippen molar-refractivity contribution < 1.29 is 0 Å². The molecule has 0 bridgehead atoms. The first-order chi connectivity index (χ1) is 8.40. The summed E-state index contributed by atoms with van der Waals surface area (Å²) in [6.45, 7) is 2.28. The van der Waals surface area contributed by atoms with Crippen molar-refractivity contribution in [2.24, 2.45) is 11.8 Å². The molecule has 0 spiro atoms. The minimum atomic E-state index is 0.872. The fourth-order valence-corrected chi connectivity index (χ4v) is 2.47. The average Bonchev–Trinajstić information content (AvgIpc) is 3.12. The summed E-state index contributed by atoms with van der Waals surface area (Å²) < 4.78 is 0. The molecule has 0 aromatic heterocycles. The van der Waals surface area contributed by atoms with Gasteiger partial charge in [0.05, 0.1) is 0 Å². The summed E-state index contributed by atoms with van der Waals surface area (Å²) in [4.78, 5) is 0. The maximum absolute atomic E-state index is 2.42.